The molecule has 21 heavy (non-hydrogen) atoms. The number of ether oxygens (including phenoxy) is 1. The van der Waals surface area contributed by atoms with Gasteiger partial charge in [0.05, 0.1) is 5.56 Å². The van der Waals surface area contributed by atoms with Crippen molar-refractivity contribution in [3.8, 4) is 5.75 Å². The third kappa shape index (κ3) is 4.03. The van der Waals surface area contributed by atoms with Crippen LogP contribution in [0.5, 0.6) is 5.75 Å². The highest BCUT2D eigenvalue weighted by atomic mass is 32.1. The topological polar surface area (TPSA) is 75.6 Å². The van der Waals surface area contributed by atoms with Crippen LogP contribution in [0.25, 0.3) is 0 Å². The molecule has 0 fully saturated rings. The molecule has 0 aliphatic heterocycles. The van der Waals surface area contributed by atoms with E-state index in [4.69, 9.17) is 9.84 Å². The van der Waals surface area contributed by atoms with Crippen LogP contribution in [0.4, 0.5) is 9.39 Å². The summed E-state index contributed by atoms with van der Waals surface area (Å²) in [6.07, 6.45) is 0. The first-order chi connectivity index (χ1) is 9.95. The number of anilines is 1. The zero-order chi connectivity index (χ0) is 15.4. The van der Waals surface area contributed by atoms with Gasteiger partial charge in [0, 0.05) is 4.88 Å². The van der Waals surface area contributed by atoms with Crippen LogP contribution in [-0.4, -0.2) is 23.6 Å². The van der Waals surface area contributed by atoms with Crippen molar-refractivity contribution in [1.82, 2.24) is 0 Å². The number of hydrogen-bond acceptors (Lipinski definition) is 4. The second-order valence-corrected chi connectivity index (χ2v) is 5.45. The Kier molecular flexibility index (Phi) is 4.54. The molecule has 2 aromatic rings. The van der Waals surface area contributed by atoms with E-state index < -0.39 is 17.7 Å². The highest BCUT2D eigenvalue weighted by Crippen LogP contribution is 2.27. The molecule has 0 aliphatic rings. The molecular weight excluding hydrogens is 297 g/mol. The maximum Gasteiger partial charge on any atom is 0.338 e. The second kappa shape index (κ2) is 6.36. The Hall–Kier alpha value is -2.41. The van der Waals surface area contributed by atoms with Gasteiger partial charge in [-0.1, -0.05) is 0 Å². The third-order valence-electron chi connectivity index (χ3n) is 2.52. The highest BCUT2D eigenvalue weighted by molar-refractivity contribution is 7.16. The minimum atomic E-state index is -1.10. The Bertz CT molecular complexity index is 666. The fourth-order valence-corrected chi connectivity index (χ4v) is 2.53. The van der Waals surface area contributed by atoms with Crippen LogP contribution in [-0.2, 0) is 4.79 Å². The van der Waals surface area contributed by atoms with Crippen LogP contribution in [0.1, 0.15) is 15.2 Å². The van der Waals surface area contributed by atoms with Gasteiger partial charge in [-0.2, -0.15) is 0 Å². The fourth-order valence-electron chi connectivity index (χ4n) is 1.61. The molecule has 1 aromatic heterocycles. The van der Waals surface area contributed by atoms with Crippen molar-refractivity contribution in [3.05, 3.63) is 46.6 Å². The average Bonchev–Trinajstić information content (AvgIpc) is 2.79. The van der Waals surface area contributed by atoms with Crippen LogP contribution in [0.15, 0.2) is 30.3 Å². The van der Waals surface area contributed by atoms with Crippen molar-refractivity contribution in [2.45, 2.75) is 6.92 Å². The molecule has 7 heteroatoms. The van der Waals surface area contributed by atoms with Gasteiger partial charge in [0.25, 0.3) is 5.91 Å². The van der Waals surface area contributed by atoms with Gasteiger partial charge in [-0.3, -0.25) is 4.79 Å². The van der Waals surface area contributed by atoms with Crippen LogP contribution in [0.2, 0.25) is 0 Å². The molecule has 1 amide bonds. The van der Waals surface area contributed by atoms with E-state index in [1.807, 2.05) is 0 Å². The molecule has 0 unspecified atom stereocenters. The molecule has 0 spiro atoms. The first-order valence-electron chi connectivity index (χ1n) is 5.97. The van der Waals surface area contributed by atoms with Crippen molar-refractivity contribution in [3.63, 3.8) is 0 Å². The van der Waals surface area contributed by atoms with Crippen LogP contribution in [0.3, 0.4) is 0 Å². The van der Waals surface area contributed by atoms with Crippen molar-refractivity contribution >= 4 is 28.2 Å². The Morgan fingerprint density at radius 1 is 1.33 bits per heavy atom. The van der Waals surface area contributed by atoms with Gasteiger partial charge < -0.3 is 15.2 Å². The molecule has 5 nitrogen and oxygen atoms in total. The highest BCUT2D eigenvalue weighted by Gasteiger charge is 2.16. The van der Waals surface area contributed by atoms with Gasteiger partial charge >= 0.3 is 5.97 Å². The number of amides is 1. The van der Waals surface area contributed by atoms with Crippen LogP contribution >= 0.6 is 11.3 Å². The fraction of sp³-hybridized carbons (Fsp3) is 0.143. The van der Waals surface area contributed by atoms with Gasteiger partial charge in [0.2, 0.25) is 0 Å². The lowest BCUT2D eigenvalue weighted by Crippen LogP contribution is -2.20. The van der Waals surface area contributed by atoms with Gasteiger partial charge in [0.15, 0.2) is 6.61 Å². The van der Waals surface area contributed by atoms with E-state index in [-0.39, 0.29) is 17.2 Å². The maximum absolute atomic E-state index is 12.7. The Morgan fingerprint density at radius 2 is 2.00 bits per heavy atom. The number of thiophene rings is 1. The van der Waals surface area contributed by atoms with Crippen molar-refractivity contribution in [2.24, 2.45) is 0 Å². The molecule has 2 N–H and O–H groups in total. The number of carbonyl (C=O) groups is 2. The normalized spacial score (nSPS) is 10.2. The summed E-state index contributed by atoms with van der Waals surface area (Å²) in [6.45, 7) is 1.46. The van der Waals surface area contributed by atoms with Gasteiger partial charge in [0.1, 0.15) is 16.6 Å². The number of hydrogen-bond donors (Lipinski definition) is 2. The monoisotopic (exact) mass is 309 g/mol. The third-order valence-corrected chi connectivity index (χ3v) is 3.49. The Balaban J connectivity index is 1.96. The Labute approximate surface area is 124 Å². The van der Waals surface area contributed by atoms with Crippen LogP contribution < -0.4 is 10.1 Å². The standard InChI is InChI=1S/C14H12FNO4S/c1-8-6-11(14(18)19)13(21-8)16-12(17)7-20-10-4-2-9(15)3-5-10/h2-6H,7H2,1H3,(H,16,17)(H,18,19). The molecule has 0 bridgehead atoms. The number of nitrogens with one attached hydrogen (secondary N) is 1. The number of aryl methyl sites for hydroxylation is 1. The number of rotatable bonds is 5. The molecule has 0 aliphatic carbocycles. The second-order valence-electron chi connectivity index (χ2n) is 4.20. The first kappa shape index (κ1) is 15.0. The zero-order valence-electron chi connectivity index (χ0n) is 11.1. The Morgan fingerprint density at radius 3 is 2.62 bits per heavy atom. The minimum absolute atomic E-state index is 0.0487. The van der Waals surface area contributed by atoms with E-state index in [1.54, 1.807) is 6.92 Å². The number of carbonyl (C=O) groups excluding carboxylic acids is 1. The molecule has 2 rings (SSSR count). The van der Waals surface area contributed by atoms with E-state index in [0.29, 0.717) is 5.75 Å². The van der Waals surface area contributed by atoms with Crippen molar-refractivity contribution in [1.29, 1.82) is 0 Å². The quantitative estimate of drug-likeness (QED) is 0.890. The van der Waals surface area contributed by atoms with Crippen molar-refractivity contribution in [2.75, 3.05) is 11.9 Å². The summed E-state index contributed by atoms with van der Waals surface area (Å²) in [5.41, 5.74) is 0.0487. The molecule has 0 saturated carbocycles. The summed E-state index contributed by atoms with van der Waals surface area (Å²) < 4.78 is 17.9. The average molecular weight is 309 g/mol. The predicted molar refractivity (Wildman–Crippen MR) is 76.5 cm³/mol. The molecule has 1 heterocycles. The SMILES string of the molecule is Cc1cc(C(=O)O)c(NC(=O)COc2ccc(F)cc2)s1. The van der Waals surface area contributed by atoms with Crippen molar-refractivity contribution < 1.29 is 23.8 Å². The van der Waals surface area contributed by atoms with E-state index in [9.17, 15) is 14.0 Å². The predicted octanol–water partition coefficient (Wildman–Crippen LogP) is 2.91. The number of halogens is 1. The van der Waals surface area contributed by atoms with E-state index in [1.165, 1.54) is 41.7 Å². The molecule has 0 saturated heterocycles. The lowest BCUT2D eigenvalue weighted by molar-refractivity contribution is -0.118. The summed E-state index contributed by atoms with van der Waals surface area (Å²) in [4.78, 5) is 23.5. The summed E-state index contributed by atoms with van der Waals surface area (Å²) in [7, 11) is 0. The lowest BCUT2D eigenvalue weighted by atomic mass is 10.3. The summed E-state index contributed by atoms with van der Waals surface area (Å²) in [5, 5.41) is 11.8. The first-order valence-corrected chi connectivity index (χ1v) is 6.79. The van der Waals surface area contributed by atoms with Gasteiger partial charge in [-0.15, -0.1) is 11.3 Å². The molecule has 0 atom stereocenters. The molecule has 0 radical (unpaired) electrons. The number of carboxylic acids is 1. The van der Waals surface area contributed by atoms with E-state index >= 15 is 0 Å². The smallest absolute Gasteiger partial charge is 0.338 e. The maximum atomic E-state index is 12.7. The van der Waals surface area contributed by atoms with Crippen LogP contribution in [0, 0.1) is 12.7 Å². The van der Waals surface area contributed by atoms with E-state index in [2.05, 4.69) is 5.32 Å². The minimum Gasteiger partial charge on any atom is -0.484 e. The molecule has 110 valence electrons. The van der Waals surface area contributed by atoms with Gasteiger partial charge in [-0.05, 0) is 37.3 Å². The zero-order valence-corrected chi connectivity index (χ0v) is 11.9. The number of benzene rings is 1. The summed E-state index contributed by atoms with van der Waals surface area (Å²) >= 11 is 1.18. The summed E-state index contributed by atoms with van der Waals surface area (Å²) in [6, 6.07) is 6.74. The van der Waals surface area contributed by atoms with E-state index in [0.717, 1.165) is 4.88 Å². The molecule has 1 aromatic carbocycles. The number of carboxylic acid groups (broad SMARTS) is 1. The lowest BCUT2D eigenvalue weighted by Gasteiger charge is -2.06. The number of aromatic carboxylic acids is 1. The van der Waals surface area contributed by atoms with Gasteiger partial charge in [-0.25, -0.2) is 9.18 Å². The largest absolute Gasteiger partial charge is 0.484 e. The molecular formula is C14H12FNO4S. The summed E-state index contributed by atoms with van der Waals surface area (Å²) in [5.74, 6) is -1.63.